The summed E-state index contributed by atoms with van der Waals surface area (Å²) < 4.78 is 25.7. The molecule has 1 saturated heterocycles. The lowest BCUT2D eigenvalue weighted by molar-refractivity contribution is -0.121. The van der Waals surface area contributed by atoms with E-state index >= 15 is 0 Å². The van der Waals surface area contributed by atoms with Gasteiger partial charge in [0.1, 0.15) is 17.7 Å². The fourth-order valence-corrected chi connectivity index (χ4v) is 4.60. The van der Waals surface area contributed by atoms with Gasteiger partial charge >= 0.3 is 6.09 Å². The predicted molar refractivity (Wildman–Crippen MR) is 128 cm³/mol. The minimum atomic E-state index is -0.939. The van der Waals surface area contributed by atoms with Crippen molar-refractivity contribution in [2.45, 2.75) is 19.1 Å². The number of carbonyl (C=O) groups is 2. The number of rotatable bonds is 5. The number of fused-ring (bicyclic) bond motifs is 1. The quantitative estimate of drug-likeness (QED) is 0.463. The van der Waals surface area contributed by atoms with Crippen LogP contribution < -0.4 is 15.4 Å². The van der Waals surface area contributed by atoms with Gasteiger partial charge < -0.3 is 20.1 Å². The third-order valence-corrected chi connectivity index (χ3v) is 6.32. The molecule has 5 rings (SSSR count). The van der Waals surface area contributed by atoms with Crippen molar-refractivity contribution in [2.75, 3.05) is 12.0 Å². The summed E-state index contributed by atoms with van der Waals surface area (Å²) in [6.07, 6.45) is -0.0246. The number of primary amides is 1. The first-order valence-corrected chi connectivity index (χ1v) is 11.0. The number of amides is 2. The third kappa shape index (κ3) is 3.95. The molecule has 3 atom stereocenters. The lowest BCUT2D eigenvalue weighted by Gasteiger charge is -2.28. The molecule has 0 bridgehead atoms. The van der Waals surface area contributed by atoms with Crippen LogP contribution in [0.1, 0.15) is 18.5 Å². The fourth-order valence-electron chi connectivity index (χ4n) is 4.60. The topological polar surface area (TPSA) is 99.7 Å². The third-order valence-electron chi connectivity index (χ3n) is 6.32. The Morgan fingerprint density at radius 2 is 1.71 bits per heavy atom. The second-order valence-electron chi connectivity index (χ2n) is 8.39. The molecule has 2 amide bonds. The van der Waals surface area contributed by atoms with Gasteiger partial charge in [-0.2, -0.15) is 5.10 Å². The van der Waals surface area contributed by atoms with E-state index in [4.69, 9.17) is 15.2 Å². The first kappa shape index (κ1) is 22.4. The van der Waals surface area contributed by atoms with Gasteiger partial charge in [-0.3, -0.25) is 4.79 Å². The van der Waals surface area contributed by atoms with Crippen LogP contribution in [0.2, 0.25) is 0 Å². The summed E-state index contributed by atoms with van der Waals surface area (Å²) in [6, 6.07) is 18.2. The number of carbonyl (C=O) groups excluding carboxylic acids is 2. The van der Waals surface area contributed by atoms with Crippen molar-refractivity contribution in [1.82, 2.24) is 9.78 Å². The Bertz CT molecular complexity index is 1400. The van der Waals surface area contributed by atoms with Gasteiger partial charge in [0.15, 0.2) is 0 Å². The van der Waals surface area contributed by atoms with Gasteiger partial charge in [-0.05, 0) is 67.1 Å². The minimum absolute atomic E-state index is 0.192. The first-order chi connectivity index (χ1) is 16.9. The number of halogens is 1. The van der Waals surface area contributed by atoms with Gasteiger partial charge in [-0.1, -0.05) is 12.1 Å². The first-order valence-electron chi connectivity index (χ1n) is 11.0. The molecule has 0 unspecified atom stereocenters. The average Bonchev–Trinajstić information content (AvgIpc) is 3.38. The molecule has 3 aromatic carbocycles. The van der Waals surface area contributed by atoms with Gasteiger partial charge in [-0.25, -0.2) is 13.9 Å². The number of aromatic nitrogens is 2. The molecule has 1 aliphatic heterocycles. The van der Waals surface area contributed by atoms with Crippen molar-refractivity contribution in [3.05, 3.63) is 84.3 Å². The normalized spacial score (nSPS) is 19.8. The molecule has 0 radical (unpaired) electrons. The van der Waals surface area contributed by atoms with Crippen LogP contribution in [0.15, 0.2) is 72.9 Å². The van der Waals surface area contributed by atoms with Crippen molar-refractivity contribution in [3.8, 4) is 11.4 Å². The van der Waals surface area contributed by atoms with Crippen LogP contribution in [-0.2, 0) is 9.53 Å². The Kier molecular flexibility index (Phi) is 5.60. The molecule has 1 aromatic heterocycles. The van der Waals surface area contributed by atoms with Crippen LogP contribution in [0.5, 0.6) is 5.75 Å². The maximum absolute atomic E-state index is 13.4. The Balaban J connectivity index is 1.58. The van der Waals surface area contributed by atoms with Crippen LogP contribution in [0, 0.1) is 11.7 Å². The summed E-state index contributed by atoms with van der Waals surface area (Å²) >= 11 is 0. The van der Waals surface area contributed by atoms with E-state index in [1.165, 1.54) is 12.1 Å². The molecular weight excluding hydrogens is 451 g/mol. The zero-order valence-electron chi connectivity index (χ0n) is 19.1. The summed E-state index contributed by atoms with van der Waals surface area (Å²) in [6.45, 7) is 1.72. The predicted octanol–water partition coefficient (Wildman–Crippen LogP) is 4.36. The fraction of sp³-hybridized carbons (Fsp3) is 0.192. The highest BCUT2D eigenvalue weighted by Gasteiger charge is 2.49. The number of anilines is 1. The largest absolute Gasteiger partial charge is 0.497 e. The van der Waals surface area contributed by atoms with Gasteiger partial charge in [0.2, 0.25) is 5.91 Å². The number of nitrogens with two attached hydrogens (primary N) is 1. The monoisotopic (exact) mass is 474 g/mol. The Labute approximate surface area is 200 Å². The molecule has 1 aliphatic rings. The summed E-state index contributed by atoms with van der Waals surface area (Å²) in [5, 5.41) is 5.23. The molecular formula is C26H23FN4O4. The van der Waals surface area contributed by atoms with Gasteiger partial charge in [0.25, 0.3) is 0 Å². The van der Waals surface area contributed by atoms with Crippen molar-refractivity contribution < 1.29 is 23.5 Å². The Hall–Kier alpha value is -4.40. The maximum Gasteiger partial charge on any atom is 0.404 e. The van der Waals surface area contributed by atoms with E-state index in [-0.39, 0.29) is 11.7 Å². The van der Waals surface area contributed by atoms with Crippen molar-refractivity contribution in [1.29, 1.82) is 0 Å². The number of methoxy groups -OCH3 is 1. The van der Waals surface area contributed by atoms with Crippen molar-refractivity contribution >= 4 is 28.6 Å². The average molecular weight is 474 g/mol. The molecule has 1 fully saturated rings. The SMILES string of the molecule is COc1ccc([C@@H]2[C@@H](OC(N)=O)[C@@H](C)C(=O)N2c2ccc3c(cnn3-c3ccc(F)cc3)c2)cc1. The minimum Gasteiger partial charge on any atom is -0.497 e. The Morgan fingerprint density at radius 1 is 1.03 bits per heavy atom. The highest BCUT2D eigenvalue weighted by atomic mass is 19.1. The number of benzene rings is 3. The number of ether oxygens (including phenoxy) is 2. The zero-order valence-corrected chi connectivity index (χ0v) is 19.1. The standard InChI is InChI=1S/C26H23FN4O4/c1-15-24(35-26(28)33)23(16-3-10-21(34-2)11-4-16)30(25(15)32)20-9-12-22-17(13-20)14-29-31(22)19-7-5-18(27)6-8-19/h3-15,23-24H,1-2H3,(H2,28,33)/t15-,23-,24+/m1/s1. The highest BCUT2D eigenvalue weighted by molar-refractivity contribution is 6.01. The molecule has 178 valence electrons. The molecule has 9 heteroatoms. The molecule has 2 heterocycles. The van der Waals surface area contributed by atoms with Crippen LogP contribution in [0.3, 0.4) is 0 Å². The molecule has 0 spiro atoms. The molecule has 4 aromatic rings. The van der Waals surface area contributed by atoms with E-state index in [1.807, 2.05) is 30.3 Å². The molecule has 8 nitrogen and oxygen atoms in total. The van der Waals surface area contributed by atoms with Gasteiger partial charge in [-0.15, -0.1) is 0 Å². The van der Waals surface area contributed by atoms with Crippen LogP contribution in [0.4, 0.5) is 14.9 Å². The lowest BCUT2D eigenvalue weighted by Crippen LogP contribution is -2.33. The number of nitrogens with zero attached hydrogens (tertiary/aromatic N) is 3. The van der Waals surface area contributed by atoms with Gasteiger partial charge in [0.05, 0.1) is 36.5 Å². The molecule has 0 aliphatic carbocycles. The van der Waals surface area contributed by atoms with E-state index in [0.29, 0.717) is 17.1 Å². The van der Waals surface area contributed by atoms with Crippen LogP contribution in [-0.4, -0.2) is 35.0 Å². The molecule has 2 N–H and O–H groups in total. The van der Waals surface area contributed by atoms with Crippen LogP contribution >= 0.6 is 0 Å². The van der Waals surface area contributed by atoms with Crippen molar-refractivity contribution in [2.24, 2.45) is 11.7 Å². The summed E-state index contributed by atoms with van der Waals surface area (Å²) in [5.41, 5.74) is 8.26. The van der Waals surface area contributed by atoms with Gasteiger partial charge in [0, 0.05) is 11.1 Å². The summed E-state index contributed by atoms with van der Waals surface area (Å²) in [4.78, 5) is 26.7. The summed E-state index contributed by atoms with van der Waals surface area (Å²) in [5.74, 6) is -0.458. The van der Waals surface area contributed by atoms with E-state index in [9.17, 15) is 14.0 Å². The Morgan fingerprint density at radius 3 is 2.37 bits per heavy atom. The van der Waals surface area contributed by atoms with E-state index in [1.54, 1.807) is 54.1 Å². The van der Waals surface area contributed by atoms with Crippen LogP contribution in [0.25, 0.3) is 16.6 Å². The second kappa shape index (κ2) is 8.75. The summed E-state index contributed by atoms with van der Waals surface area (Å²) in [7, 11) is 1.57. The number of hydrogen-bond donors (Lipinski definition) is 1. The van der Waals surface area contributed by atoms with E-state index in [2.05, 4.69) is 5.10 Å². The highest BCUT2D eigenvalue weighted by Crippen LogP contribution is 2.43. The lowest BCUT2D eigenvalue weighted by atomic mass is 9.97. The smallest absolute Gasteiger partial charge is 0.404 e. The maximum atomic E-state index is 13.4. The van der Waals surface area contributed by atoms with E-state index in [0.717, 1.165) is 16.5 Å². The van der Waals surface area contributed by atoms with Crippen molar-refractivity contribution in [3.63, 3.8) is 0 Å². The second-order valence-corrected chi connectivity index (χ2v) is 8.39. The molecule has 0 saturated carbocycles. The number of hydrogen-bond acceptors (Lipinski definition) is 5. The van der Waals surface area contributed by atoms with E-state index < -0.39 is 24.2 Å². The molecule has 35 heavy (non-hydrogen) atoms. The zero-order chi connectivity index (χ0) is 24.7.